The van der Waals surface area contributed by atoms with Gasteiger partial charge in [-0.2, -0.15) is 0 Å². The normalized spacial score (nSPS) is 29.7. The highest BCUT2D eigenvalue weighted by Crippen LogP contribution is 2.53. The average Bonchev–Trinajstić information content (AvgIpc) is 3.26. The van der Waals surface area contributed by atoms with E-state index >= 15 is 0 Å². The summed E-state index contributed by atoms with van der Waals surface area (Å²) < 4.78 is 5.00. The fourth-order valence-electron chi connectivity index (χ4n) is 3.57. The summed E-state index contributed by atoms with van der Waals surface area (Å²) in [5, 5.41) is 12.5. The van der Waals surface area contributed by atoms with Crippen LogP contribution in [-0.4, -0.2) is 46.3 Å². The number of anilines is 1. The zero-order valence-electron chi connectivity index (χ0n) is 13.4. The number of benzene rings is 1. The third-order valence-corrected chi connectivity index (χ3v) is 4.72. The lowest BCUT2D eigenvalue weighted by molar-refractivity contribution is -0.185. The Morgan fingerprint density at radius 1 is 1.54 bits per heavy atom. The van der Waals surface area contributed by atoms with Crippen LogP contribution in [0, 0.1) is 6.07 Å². The zero-order valence-corrected chi connectivity index (χ0v) is 13.4. The van der Waals surface area contributed by atoms with E-state index in [-0.39, 0.29) is 24.5 Å². The summed E-state index contributed by atoms with van der Waals surface area (Å²) in [4.78, 5) is 30.0. The minimum absolute atomic E-state index is 0.104. The zero-order chi connectivity index (χ0) is 17.2. The molecule has 7 heteroatoms. The van der Waals surface area contributed by atoms with Crippen molar-refractivity contribution in [1.29, 1.82) is 0 Å². The van der Waals surface area contributed by atoms with Crippen molar-refractivity contribution in [2.24, 2.45) is 0 Å². The van der Waals surface area contributed by atoms with Crippen LogP contribution < -0.4 is 5.06 Å². The summed E-state index contributed by atoms with van der Waals surface area (Å²) >= 11 is 0. The fraction of sp³-hybridized carbons (Fsp3) is 0.412. The molecular formula is C17H17N2O5. The van der Waals surface area contributed by atoms with Gasteiger partial charge in [0.2, 0.25) is 11.7 Å². The molecule has 2 fully saturated rings. The molecule has 1 aromatic rings. The minimum atomic E-state index is -1.63. The van der Waals surface area contributed by atoms with Crippen LogP contribution in [0.2, 0.25) is 0 Å². The fourth-order valence-corrected chi connectivity index (χ4v) is 3.57. The third kappa shape index (κ3) is 1.98. The number of ether oxygens (including phenoxy) is 1. The molecule has 1 radical (unpaired) electrons. The number of carbonyl (C=O) groups excluding carboxylic acids is 2. The minimum Gasteiger partial charge on any atom is -0.461 e. The number of fused-ring (bicyclic) bond motifs is 6. The van der Waals surface area contributed by atoms with E-state index < -0.39 is 11.8 Å². The lowest BCUT2D eigenvalue weighted by atomic mass is 9.89. The Hall–Kier alpha value is -2.38. The standard InChI is InChI=1S/C17H17N2O5/c1-9-13-5-4-12(8-23-11(3)21)6-14(13)18-7-15-16(17(9,22)24-18)19(15)10(2)20/h4,6,15-16,22H,1,7-8H2,2-3H3. The molecule has 125 valence electrons. The second-order valence-electron chi connectivity index (χ2n) is 6.31. The molecular weight excluding hydrogens is 312 g/mol. The van der Waals surface area contributed by atoms with Crippen LogP contribution in [0.3, 0.4) is 0 Å². The van der Waals surface area contributed by atoms with Crippen LogP contribution in [0.15, 0.2) is 18.7 Å². The lowest BCUT2D eigenvalue weighted by Crippen LogP contribution is -2.55. The predicted octanol–water partition coefficient (Wildman–Crippen LogP) is 0.616. The Bertz CT molecular complexity index is 776. The van der Waals surface area contributed by atoms with Gasteiger partial charge in [0.05, 0.1) is 18.3 Å². The summed E-state index contributed by atoms with van der Waals surface area (Å²) in [6.45, 7) is 7.38. The average molecular weight is 329 g/mol. The largest absolute Gasteiger partial charge is 0.461 e. The Morgan fingerprint density at radius 3 is 2.96 bits per heavy atom. The molecule has 3 unspecified atom stereocenters. The number of nitrogens with zero attached hydrogens (tertiary/aromatic N) is 2. The van der Waals surface area contributed by atoms with E-state index in [4.69, 9.17) is 9.57 Å². The number of hydrogen-bond acceptors (Lipinski definition) is 6. The Kier molecular flexibility index (Phi) is 3.04. The Balaban J connectivity index is 1.70. The van der Waals surface area contributed by atoms with E-state index in [1.165, 1.54) is 13.8 Å². The molecule has 24 heavy (non-hydrogen) atoms. The molecule has 0 spiro atoms. The van der Waals surface area contributed by atoms with Gasteiger partial charge in [-0.3, -0.25) is 9.59 Å². The van der Waals surface area contributed by atoms with Crippen LogP contribution >= 0.6 is 0 Å². The number of amides is 1. The van der Waals surface area contributed by atoms with E-state index in [0.29, 0.717) is 23.4 Å². The molecule has 3 aliphatic rings. The summed E-state index contributed by atoms with van der Waals surface area (Å²) in [7, 11) is 0. The van der Waals surface area contributed by atoms with Gasteiger partial charge >= 0.3 is 5.97 Å². The smallest absolute Gasteiger partial charge is 0.302 e. The first-order valence-corrected chi connectivity index (χ1v) is 7.68. The lowest BCUT2D eigenvalue weighted by Gasteiger charge is -2.44. The van der Waals surface area contributed by atoms with Gasteiger partial charge in [-0.05, 0) is 23.8 Å². The number of rotatable bonds is 2. The van der Waals surface area contributed by atoms with Gasteiger partial charge < -0.3 is 14.7 Å². The number of esters is 1. The van der Waals surface area contributed by atoms with Crippen LogP contribution in [0.1, 0.15) is 25.0 Å². The molecule has 7 nitrogen and oxygen atoms in total. The Labute approximate surface area is 139 Å². The van der Waals surface area contributed by atoms with Crippen molar-refractivity contribution in [2.75, 3.05) is 11.6 Å². The summed E-state index contributed by atoms with van der Waals surface area (Å²) in [6.07, 6.45) is 0. The first-order valence-electron chi connectivity index (χ1n) is 7.68. The highest BCUT2D eigenvalue weighted by molar-refractivity contribution is 5.86. The van der Waals surface area contributed by atoms with E-state index in [2.05, 4.69) is 12.6 Å². The molecule has 0 saturated carbocycles. The van der Waals surface area contributed by atoms with E-state index in [1.807, 2.05) is 6.07 Å². The molecule has 3 heterocycles. The van der Waals surface area contributed by atoms with Crippen molar-refractivity contribution < 1.29 is 24.3 Å². The van der Waals surface area contributed by atoms with Crippen LogP contribution in [0.5, 0.6) is 0 Å². The van der Waals surface area contributed by atoms with E-state index in [1.54, 1.807) is 16.0 Å². The van der Waals surface area contributed by atoms with E-state index in [9.17, 15) is 14.7 Å². The number of hydroxylamine groups is 1. The maximum atomic E-state index is 11.7. The van der Waals surface area contributed by atoms with Crippen molar-refractivity contribution in [3.63, 3.8) is 0 Å². The molecule has 3 aliphatic heterocycles. The number of hydrogen-bond donors (Lipinski definition) is 1. The van der Waals surface area contributed by atoms with Crippen molar-refractivity contribution in [3.8, 4) is 0 Å². The second-order valence-corrected chi connectivity index (χ2v) is 6.31. The quantitative estimate of drug-likeness (QED) is 0.633. The molecule has 1 aromatic carbocycles. The molecule has 4 rings (SSSR count). The van der Waals surface area contributed by atoms with Crippen molar-refractivity contribution in [1.82, 2.24) is 4.90 Å². The monoisotopic (exact) mass is 329 g/mol. The summed E-state index contributed by atoms with van der Waals surface area (Å²) in [5.41, 5.74) is 2.48. The van der Waals surface area contributed by atoms with Gasteiger partial charge in [0.1, 0.15) is 12.6 Å². The molecule has 1 N–H and O–H groups in total. The van der Waals surface area contributed by atoms with Gasteiger partial charge in [-0.1, -0.05) is 6.58 Å². The highest BCUT2D eigenvalue weighted by Gasteiger charge is 2.69. The van der Waals surface area contributed by atoms with Gasteiger partial charge in [0, 0.05) is 25.0 Å². The van der Waals surface area contributed by atoms with Gasteiger partial charge in [-0.15, -0.1) is 0 Å². The molecule has 1 amide bonds. The summed E-state index contributed by atoms with van der Waals surface area (Å²) in [6, 6.07) is 6.09. The van der Waals surface area contributed by atoms with Gasteiger partial charge in [-0.25, -0.2) is 9.90 Å². The topological polar surface area (TPSA) is 79.1 Å². The van der Waals surface area contributed by atoms with Gasteiger partial charge in [0.15, 0.2) is 0 Å². The van der Waals surface area contributed by atoms with E-state index in [0.717, 1.165) is 5.56 Å². The third-order valence-electron chi connectivity index (χ3n) is 4.72. The molecule has 2 saturated heterocycles. The maximum Gasteiger partial charge on any atom is 0.302 e. The number of aliphatic hydroxyl groups is 1. The predicted molar refractivity (Wildman–Crippen MR) is 83.3 cm³/mol. The molecule has 3 atom stereocenters. The first kappa shape index (κ1) is 15.2. The molecule has 2 bridgehead atoms. The Morgan fingerprint density at radius 2 is 2.29 bits per heavy atom. The SMILES string of the molecule is C=C1c2[c]cc(COC(C)=O)cc2N2CC3C(N3C(C)=O)C1(O)O2. The first-order chi connectivity index (χ1) is 11.3. The molecule has 0 aliphatic carbocycles. The van der Waals surface area contributed by atoms with Crippen LogP contribution in [0.25, 0.3) is 5.57 Å². The van der Waals surface area contributed by atoms with Crippen molar-refractivity contribution in [2.45, 2.75) is 38.3 Å². The molecule has 0 aromatic heterocycles. The van der Waals surface area contributed by atoms with Crippen molar-refractivity contribution >= 4 is 23.1 Å². The van der Waals surface area contributed by atoms with Gasteiger partial charge in [0.25, 0.3) is 0 Å². The van der Waals surface area contributed by atoms with Crippen LogP contribution in [-0.2, 0) is 25.8 Å². The maximum absolute atomic E-state index is 11.7. The summed E-state index contributed by atoms with van der Waals surface area (Å²) in [5.74, 6) is -2.10. The number of carbonyl (C=O) groups is 2. The highest BCUT2D eigenvalue weighted by atomic mass is 16.8. The van der Waals surface area contributed by atoms with Crippen LogP contribution in [0.4, 0.5) is 5.69 Å². The second kappa shape index (κ2) is 4.81. The van der Waals surface area contributed by atoms with Crippen molar-refractivity contribution in [3.05, 3.63) is 35.9 Å².